The zero-order valence-corrected chi connectivity index (χ0v) is 9.67. The minimum absolute atomic E-state index is 0.877. The van der Waals surface area contributed by atoms with E-state index in [9.17, 15) is 4.79 Å². The average molecular weight is 363 g/mol. The van der Waals surface area contributed by atoms with Crippen molar-refractivity contribution in [2.75, 3.05) is 0 Å². The summed E-state index contributed by atoms with van der Waals surface area (Å²) >= 11 is 1.60. The number of hydrogen-bond acceptors (Lipinski definition) is 4. The van der Waals surface area contributed by atoms with E-state index in [2.05, 4.69) is 20.4 Å². The summed E-state index contributed by atoms with van der Waals surface area (Å²) in [6.07, 6.45) is 5.78. The van der Waals surface area contributed by atoms with Gasteiger partial charge in [0.1, 0.15) is 0 Å². The van der Waals surface area contributed by atoms with Crippen molar-refractivity contribution in [3.05, 3.63) is 21.8 Å². The van der Waals surface area contributed by atoms with Crippen LogP contribution in [0.25, 0.3) is 0 Å². The zero-order chi connectivity index (χ0) is 12.0. The third-order valence-corrected chi connectivity index (χ3v) is 2.37. The summed E-state index contributed by atoms with van der Waals surface area (Å²) in [6, 6.07) is 0. The number of rotatable bonds is 1. The van der Waals surface area contributed by atoms with Gasteiger partial charge in [-0.15, -0.1) is 0 Å². The summed E-state index contributed by atoms with van der Waals surface area (Å²) < 4.78 is 1.24. The average Bonchev–Trinajstić information content (AvgIpc) is 2.72. The molecule has 0 aromatic rings. The summed E-state index contributed by atoms with van der Waals surface area (Å²) in [6.45, 7) is 13.5. The molecular weight excluding hydrogens is 358 g/mol. The van der Waals surface area contributed by atoms with E-state index >= 15 is 0 Å². The molecule has 1 aliphatic carbocycles. The number of aldehydes is 1. The largest absolute Gasteiger partial charge is 0.281 e. The van der Waals surface area contributed by atoms with E-state index in [1.165, 1.54) is 4.05 Å². The van der Waals surface area contributed by atoms with Gasteiger partial charge < -0.3 is 0 Å². The van der Waals surface area contributed by atoms with Gasteiger partial charge in [-0.2, -0.15) is 0 Å². The van der Waals surface area contributed by atoms with Crippen LogP contribution in [0.15, 0.2) is 21.8 Å². The van der Waals surface area contributed by atoms with Crippen LogP contribution < -0.4 is 0 Å². The van der Waals surface area contributed by atoms with Gasteiger partial charge in [-0.3, -0.25) is 14.4 Å². The van der Waals surface area contributed by atoms with E-state index < -0.39 is 0 Å². The quantitative estimate of drug-likeness (QED) is 0.603. The Kier molecular flexibility index (Phi) is 23.6. The first-order valence-corrected chi connectivity index (χ1v) is 4.32. The summed E-state index contributed by atoms with van der Waals surface area (Å²) in [5.41, 5.74) is 0.877. The Morgan fingerprint density at radius 2 is 1.57 bits per heavy atom. The molecule has 6 radical (unpaired) electrons. The van der Waals surface area contributed by atoms with Crippen molar-refractivity contribution in [2.24, 2.45) is 0 Å². The molecule has 14 heavy (non-hydrogen) atoms. The summed E-state index contributed by atoms with van der Waals surface area (Å²) in [5, 5.41) is 0. The van der Waals surface area contributed by atoms with Crippen LogP contribution in [-0.4, -0.2) is 26.7 Å². The predicted octanol–water partition coefficient (Wildman–Crippen LogP) is -0.245. The molecule has 0 amide bonds. The maximum absolute atomic E-state index is 10.1. The first-order valence-electron chi connectivity index (χ1n) is 2.96. The molecule has 0 fully saturated rings. The van der Waals surface area contributed by atoms with Crippen LogP contribution >= 0.6 is 0 Å². The van der Waals surface area contributed by atoms with Gasteiger partial charge in [0, 0.05) is 0 Å². The molecule has 1 aliphatic rings. The van der Waals surface area contributed by atoms with Crippen molar-refractivity contribution in [1.29, 1.82) is 0 Å². The smallest absolute Gasteiger partial charge is 0.281 e. The van der Waals surface area contributed by atoms with Gasteiger partial charge in [0.15, 0.2) is 0 Å². The first kappa shape index (κ1) is 18.6. The molecule has 72 valence electrons. The molecule has 0 aromatic heterocycles. The van der Waals surface area contributed by atoms with Crippen LogP contribution in [-0.2, 0) is 38.4 Å². The fraction of sp³-hybridized carbons (Fsp3) is 0.111. The molecular formula is C9H5O4Re. The van der Waals surface area contributed by atoms with Gasteiger partial charge in [-0.25, -0.2) is 0 Å². The van der Waals surface area contributed by atoms with E-state index in [1.54, 1.807) is 19.2 Å². The van der Waals surface area contributed by atoms with E-state index in [0.717, 1.165) is 18.3 Å². The third kappa shape index (κ3) is 8.91. The van der Waals surface area contributed by atoms with Gasteiger partial charge in [0.05, 0.1) is 0 Å². The van der Waals surface area contributed by atoms with Gasteiger partial charge in [-0.05, 0) is 0 Å². The van der Waals surface area contributed by atoms with Gasteiger partial charge in [0.25, 0.3) is 20.4 Å². The Hall–Kier alpha value is -1.18. The Bertz CT molecular complexity index is 206. The van der Waals surface area contributed by atoms with Gasteiger partial charge in [0.2, 0.25) is 0 Å². The Labute approximate surface area is 93.5 Å². The SMILES string of the molecule is O=CC1=[C]([Re])CC=C1.[C]=O.[C]=O.[C]=O. The van der Waals surface area contributed by atoms with E-state index in [4.69, 9.17) is 14.4 Å². The van der Waals surface area contributed by atoms with Crippen LogP contribution in [0.5, 0.6) is 0 Å². The standard InChI is InChI=1S/C6H5O.3CO.Re/c7-5-6-3-1-2-4-6;3*1-2;/h1,3,5H,2H2;;;;. The molecule has 0 N–H and O–H groups in total. The van der Waals surface area contributed by atoms with Crippen molar-refractivity contribution < 1.29 is 38.4 Å². The molecule has 0 saturated heterocycles. The third-order valence-electron chi connectivity index (χ3n) is 1.03. The Morgan fingerprint density at radius 1 is 1.14 bits per heavy atom. The Balaban J connectivity index is -0.000000174. The maximum atomic E-state index is 10.1. The zero-order valence-electron chi connectivity index (χ0n) is 6.95. The van der Waals surface area contributed by atoms with E-state index in [1.807, 2.05) is 12.2 Å². The molecule has 4 nitrogen and oxygen atoms in total. The molecule has 0 unspecified atom stereocenters. The number of hydrogen-bond donors (Lipinski definition) is 0. The van der Waals surface area contributed by atoms with Crippen LogP contribution in [0.4, 0.5) is 0 Å². The Morgan fingerprint density at radius 3 is 1.71 bits per heavy atom. The van der Waals surface area contributed by atoms with Crippen LogP contribution in [0, 0.1) is 0 Å². The van der Waals surface area contributed by atoms with Gasteiger partial charge in [-0.1, -0.05) is 0 Å². The molecule has 5 heteroatoms. The summed E-state index contributed by atoms with van der Waals surface area (Å²) in [7, 11) is 0. The number of allylic oxidation sites excluding steroid dienone is 4. The minimum atomic E-state index is 0.877. The second kappa shape index (κ2) is 17.8. The molecule has 0 bridgehead atoms. The fourth-order valence-corrected chi connectivity index (χ4v) is 1.31. The minimum Gasteiger partial charge on any atom is -0.281 e. The van der Waals surface area contributed by atoms with Crippen LogP contribution in [0.3, 0.4) is 0 Å². The second-order valence-corrected chi connectivity index (χ2v) is 3.22. The molecule has 0 aromatic carbocycles. The van der Waals surface area contributed by atoms with Crippen molar-refractivity contribution in [2.45, 2.75) is 6.42 Å². The van der Waals surface area contributed by atoms with Gasteiger partial charge >= 0.3 is 58.5 Å². The summed E-state index contributed by atoms with van der Waals surface area (Å²) in [5.74, 6) is 0. The molecule has 0 spiro atoms. The van der Waals surface area contributed by atoms with Crippen molar-refractivity contribution in [3.8, 4) is 0 Å². The maximum Gasteiger partial charge on any atom is 0.281 e. The number of carbonyl (C=O) groups excluding carboxylic acids is 4. The van der Waals surface area contributed by atoms with Crippen molar-refractivity contribution in [3.63, 3.8) is 0 Å². The first-order chi connectivity index (χ1) is 6.84. The van der Waals surface area contributed by atoms with Crippen molar-refractivity contribution in [1.82, 2.24) is 0 Å². The van der Waals surface area contributed by atoms with Crippen molar-refractivity contribution >= 4 is 26.7 Å². The molecule has 0 heterocycles. The monoisotopic (exact) mass is 364 g/mol. The molecule has 0 atom stereocenters. The predicted molar refractivity (Wildman–Crippen MR) is 43.9 cm³/mol. The molecule has 0 saturated carbocycles. The molecule has 0 aliphatic heterocycles. The van der Waals surface area contributed by atoms with E-state index in [-0.39, 0.29) is 0 Å². The van der Waals surface area contributed by atoms with Crippen LogP contribution in [0.1, 0.15) is 6.42 Å². The topological polar surface area (TPSA) is 68.3 Å². The number of carbonyl (C=O) groups is 1. The fourth-order valence-electron chi connectivity index (χ4n) is 0.601. The molecule has 1 rings (SSSR count). The summed E-state index contributed by atoms with van der Waals surface area (Å²) in [4.78, 5) is 32.6. The normalized spacial score (nSPS) is 10.9. The van der Waals surface area contributed by atoms with E-state index in [0.29, 0.717) is 0 Å². The van der Waals surface area contributed by atoms with Crippen LogP contribution in [0.2, 0.25) is 0 Å². The second-order valence-electron chi connectivity index (χ2n) is 1.58.